The molecule has 5 heteroatoms. The molecule has 5 nitrogen and oxygen atoms in total. The molecule has 1 amide bonds. The zero-order valence-electron chi connectivity index (χ0n) is 18.1. The number of hydrogen-bond acceptors (Lipinski definition) is 4. The summed E-state index contributed by atoms with van der Waals surface area (Å²) < 4.78 is 5.49. The quantitative estimate of drug-likeness (QED) is 0.689. The number of nitrogens with one attached hydrogen (secondary N) is 2. The first-order valence-corrected chi connectivity index (χ1v) is 10.2. The Morgan fingerprint density at radius 2 is 1.73 bits per heavy atom. The molecule has 2 N–H and O–H groups in total. The van der Waals surface area contributed by atoms with Crippen LogP contribution in [0.4, 0.5) is 0 Å². The van der Waals surface area contributed by atoms with E-state index in [2.05, 4.69) is 29.7 Å². The van der Waals surface area contributed by atoms with Crippen LogP contribution in [0.2, 0.25) is 0 Å². The number of allylic oxidation sites excluding steroid dienone is 3. The summed E-state index contributed by atoms with van der Waals surface area (Å²) in [6.07, 6.45) is 0.531. The molecule has 0 atom stereocenters. The molecule has 30 heavy (non-hydrogen) atoms. The third-order valence-electron chi connectivity index (χ3n) is 5.22. The largest absolute Gasteiger partial charge is 0.501 e. The summed E-state index contributed by atoms with van der Waals surface area (Å²) in [5.74, 6) is 1.28. The van der Waals surface area contributed by atoms with Crippen LogP contribution in [-0.2, 0) is 11.3 Å². The van der Waals surface area contributed by atoms with Gasteiger partial charge in [0, 0.05) is 24.1 Å². The van der Waals surface area contributed by atoms with E-state index in [-0.39, 0.29) is 5.91 Å². The summed E-state index contributed by atoms with van der Waals surface area (Å²) in [6.45, 7) is 7.75. The first kappa shape index (κ1) is 21.5. The van der Waals surface area contributed by atoms with Gasteiger partial charge in [0.05, 0.1) is 18.6 Å². The number of amidine groups is 1. The highest BCUT2D eigenvalue weighted by Crippen LogP contribution is 2.33. The van der Waals surface area contributed by atoms with Crippen LogP contribution >= 0.6 is 0 Å². The maximum atomic E-state index is 12.7. The lowest BCUT2D eigenvalue weighted by Crippen LogP contribution is -2.29. The predicted molar refractivity (Wildman–Crippen MR) is 122 cm³/mol. The Balaban J connectivity index is 1.83. The highest BCUT2D eigenvalue weighted by Gasteiger charge is 2.24. The SMILES string of the molecule is CCNCc1ccc(C(=O)NC2=NC(=C(/C)c3ccccc3)/C(=C(\C)OC)C2)cc1. The van der Waals surface area contributed by atoms with Gasteiger partial charge < -0.3 is 15.4 Å². The summed E-state index contributed by atoms with van der Waals surface area (Å²) in [5, 5.41) is 6.25. The molecule has 0 fully saturated rings. The van der Waals surface area contributed by atoms with Crippen LogP contribution in [0.3, 0.4) is 0 Å². The van der Waals surface area contributed by atoms with Crippen molar-refractivity contribution in [2.45, 2.75) is 33.7 Å². The minimum absolute atomic E-state index is 0.156. The first-order valence-electron chi connectivity index (χ1n) is 10.2. The van der Waals surface area contributed by atoms with E-state index >= 15 is 0 Å². The van der Waals surface area contributed by atoms with E-state index in [1.54, 1.807) is 7.11 Å². The van der Waals surface area contributed by atoms with Crippen LogP contribution in [0, 0.1) is 0 Å². The zero-order chi connectivity index (χ0) is 21.5. The van der Waals surface area contributed by atoms with E-state index in [1.807, 2.05) is 56.3 Å². The van der Waals surface area contributed by atoms with Crippen molar-refractivity contribution in [2.75, 3.05) is 13.7 Å². The number of nitrogens with zero attached hydrogens (tertiary/aromatic N) is 1. The normalized spacial score (nSPS) is 16.7. The van der Waals surface area contributed by atoms with Crippen molar-refractivity contribution in [1.82, 2.24) is 10.6 Å². The number of carbonyl (C=O) groups is 1. The Labute approximate surface area is 178 Å². The monoisotopic (exact) mass is 403 g/mol. The average Bonchev–Trinajstić information content (AvgIpc) is 3.21. The van der Waals surface area contributed by atoms with E-state index in [0.29, 0.717) is 17.8 Å². The standard InChI is InChI=1S/C25H29N3O2/c1-5-26-16-19-11-13-21(14-12-19)25(29)28-23-15-22(18(3)30-4)24(27-23)17(2)20-9-7-6-8-10-20/h6-14,26H,5,15-16H2,1-4H3,(H,27,28,29)/b22-18+,24-17-. The number of amides is 1. The molecule has 2 aromatic carbocycles. The van der Waals surface area contributed by atoms with E-state index in [4.69, 9.17) is 9.73 Å². The van der Waals surface area contributed by atoms with Gasteiger partial charge in [-0.25, -0.2) is 4.99 Å². The number of benzene rings is 2. The maximum Gasteiger partial charge on any atom is 0.256 e. The second kappa shape index (κ2) is 10.0. The first-order chi connectivity index (χ1) is 14.5. The fourth-order valence-corrected chi connectivity index (χ4v) is 3.36. The van der Waals surface area contributed by atoms with Crippen molar-refractivity contribution in [3.63, 3.8) is 0 Å². The van der Waals surface area contributed by atoms with Crippen molar-refractivity contribution in [1.29, 1.82) is 0 Å². The van der Waals surface area contributed by atoms with Gasteiger partial charge in [0.1, 0.15) is 5.84 Å². The fraction of sp³-hybridized carbons (Fsp3) is 0.280. The number of carbonyl (C=O) groups excluding carboxylic acids is 1. The molecule has 0 bridgehead atoms. The van der Waals surface area contributed by atoms with Crippen molar-refractivity contribution in [3.8, 4) is 0 Å². The van der Waals surface area contributed by atoms with E-state index < -0.39 is 0 Å². The zero-order valence-corrected chi connectivity index (χ0v) is 18.1. The van der Waals surface area contributed by atoms with Crippen molar-refractivity contribution in [2.24, 2.45) is 4.99 Å². The van der Waals surface area contributed by atoms with Crippen molar-refractivity contribution >= 4 is 17.3 Å². The average molecular weight is 404 g/mol. The molecule has 0 aromatic heterocycles. The maximum absolute atomic E-state index is 12.7. The Morgan fingerprint density at radius 1 is 1.03 bits per heavy atom. The van der Waals surface area contributed by atoms with E-state index in [9.17, 15) is 4.79 Å². The van der Waals surface area contributed by atoms with Gasteiger partial charge in [0.25, 0.3) is 5.91 Å². The lowest BCUT2D eigenvalue weighted by atomic mass is 10.0. The van der Waals surface area contributed by atoms with Crippen LogP contribution in [0.15, 0.2) is 76.6 Å². The summed E-state index contributed by atoms with van der Waals surface area (Å²) >= 11 is 0. The Bertz CT molecular complexity index is 987. The van der Waals surface area contributed by atoms with Gasteiger partial charge in [0.15, 0.2) is 0 Å². The third-order valence-corrected chi connectivity index (χ3v) is 5.22. The molecule has 0 saturated heterocycles. The van der Waals surface area contributed by atoms with Crippen LogP contribution in [0.5, 0.6) is 0 Å². The molecule has 2 aromatic rings. The topological polar surface area (TPSA) is 62.7 Å². The number of ether oxygens (including phenoxy) is 1. The molecule has 1 aliphatic heterocycles. The number of hydrogen-bond donors (Lipinski definition) is 2. The van der Waals surface area contributed by atoms with Gasteiger partial charge in [-0.1, -0.05) is 49.4 Å². The van der Waals surface area contributed by atoms with Gasteiger partial charge in [0.2, 0.25) is 0 Å². The van der Waals surface area contributed by atoms with Crippen LogP contribution in [-0.4, -0.2) is 25.4 Å². The molecule has 1 heterocycles. The molecule has 0 spiro atoms. The fourth-order valence-electron chi connectivity index (χ4n) is 3.36. The van der Waals surface area contributed by atoms with Gasteiger partial charge in [-0.3, -0.25) is 4.79 Å². The number of methoxy groups -OCH3 is 1. The molecule has 3 rings (SSSR count). The highest BCUT2D eigenvalue weighted by molar-refractivity contribution is 6.09. The van der Waals surface area contributed by atoms with Crippen LogP contribution in [0.25, 0.3) is 5.57 Å². The second-order valence-electron chi connectivity index (χ2n) is 7.25. The van der Waals surface area contributed by atoms with Crippen molar-refractivity contribution in [3.05, 3.63) is 88.3 Å². The summed E-state index contributed by atoms with van der Waals surface area (Å²) in [6, 6.07) is 17.8. The molecule has 0 radical (unpaired) electrons. The second-order valence-corrected chi connectivity index (χ2v) is 7.25. The summed E-state index contributed by atoms with van der Waals surface area (Å²) in [7, 11) is 1.66. The van der Waals surface area contributed by atoms with Crippen molar-refractivity contribution < 1.29 is 9.53 Å². The molecular weight excluding hydrogens is 374 g/mol. The van der Waals surface area contributed by atoms with E-state index in [0.717, 1.165) is 46.8 Å². The highest BCUT2D eigenvalue weighted by atomic mass is 16.5. The number of aliphatic imine (C=N–C) groups is 1. The lowest BCUT2D eigenvalue weighted by Gasteiger charge is -2.09. The van der Waals surface area contributed by atoms with Gasteiger partial charge in [-0.05, 0) is 49.2 Å². The molecule has 0 unspecified atom stereocenters. The smallest absolute Gasteiger partial charge is 0.256 e. The van der Waals surface area contributed by atoms with Gasteiger partial charge in [-0.2, -0.15) is 0 Å². The van der Waals surface area contributed by atoms with Crippen LogP contribution in [0.1, 0.15) is 48.7 Å². The molecular formula is C25H29N3O2. The minimum atomic E-state index is -0.156. The van der Waals surface area contributed by atoms with Gasteiger partial charge in [-0.15, -0.1) is 0 Å². The minimum Gasteiger partial charge on any atom is -0.501 e. The third kappa shape index (κ3) is 5.05. The van der Waals surface area contributed by atoms with Crippen LogP contribution < -0.4 is 10.6 Å². The molecule has 0 aliphatic carbocycles. The Hall–Kier alpha value is -3.18. The number of rotatable bonds is 6. The Morgan fingerprint density at radius 3 is 2.37 bits per heavy atom. The molecule has 156 valence electrons. The van der Waals surface area contributed by atoms with E-state index in [1.165, 1.54) is 0 Å². The lowest BCUT2D eigenvalue weighted by molar-refractivity contribution is 0.0976. The molecule has 1 aliphatic rings. The molecule has 0 saturated carbocycles. The van der Waals surface area contributed by atoms with Gasteiger partial charge >= 0.3 is 0 Å². The Kier molecular flexibility index (Phi) is 7.20. The summed E-state index contributed by atoms with van der Waals surface area (Å²) in [5.41, 5.74) is 5.77. The predicted octanol–water partition coefficient (Wildman–Crippen LogP) is 4.68. The summed E-state index contributed by atoms with van der Waals surface area (Å²) in [4.78, 5) is 17.5.